The molecule has 2 N–H and O–H groups in total. The molecule has 0 saturated heterocycles. The van der Waals surface area contributed by atoms with Gasteiger partial charge in [0, 0.05) is 46.7 Å². The van der Waals surface area contributed by atoms with Gasteiger partial charge in [0.15, 0.2) is 5.60 Å². The summed E-state index contributed by atoms with van der Waals surface area (Å²) in [6.45, 7) is 5.10. The second-order valence-corrected chi connectivity index (χ2v) is 9.89. The van der Waals surface area contributed by atoms with Crippen molar-refractivity contribution in [2.45, 2.75) is 32.3 Å². The molecule has 2 heterocycles. The first-order valence-electron chi connectivity index (χ1n) is 12.6. The van der Waals surface area contributed by atoms with Crippen LogP contribution in [-0.4, -0.2) is 12.5 Å². The fraction of sp³-hybridized carbons (Fsp3) is 0.194. The lowest BCUT2D eigenvalue weighted by Gasteiger charge is -2.37. The third-order valence-electron chi connectivity index (χ3n) is 7.04. The van der Waals surface area contributed by atoms with Crippen LogP contribution < -0.4 is 15.4 Å². The lowest BCUT2D eigenvalue weighted by atomic mass is 9.77. The number of benzene rings is 4. The number of para-hydroxylation sites is 1. The number of esters is 1. The Hall–Kier alpha value is -3.96. The average molecular weight is 511 g/mol. The summed E-state index contributed by atoms with van der Waals surface area (Å²) in [5.41, 5.74) is 5.38. The quantitative estimate of drug-likeness (QED) is 0.202. The van der Waals surface area contributed by atoms with E-state index in [-0.39, 0.29) is 5.97 Å². The van der Waals surface area contributed by atoms with Gasteiger partial charge in [-0.25, -0.2) is 4.79 Å². The number of carbonyl (C=O) groups excluding carboxylic acids is 1. The number of carbonyl (C=O) groups is 1. The molecule has 186 valence electrons. The normalized spacial score (nSPS) is 16.9. The molecule has 0 aromatic heterocycles. The maximum Gasteiger partial charge on any atom is 0.340 e. The third kappa shape index (κ3) is 3.82. The highest BCUT2D eigenvalue weighted by molar-refractivity contribution is 6.33. The Balaban J connectivity index is 1.56. The van der Waals surface area contributed by atoms with Crippen molar-refractivity contribution in [1.82, 2.24) is 0 Å². The number of fused-ring (bicyclic) bond motifs is 6. The van der Waals surface area contributed by atoms with E-state index in [2.05, 4.69) is 30.5 Å². The summed E-state index contributed by atoms with van der Waals surface area (Å²) < 4.78 is 12.8. The molecule has 1 spiro atoms. The van der Waals surface area contributed by atoms with E-state index in [1.165, 1.54) is 0 Å². The molecular weight excluding hydrogens is 484 g/mol. The van der Waals surface area contributed by atoms with E-state index >= 15 is 0 Å². The van der Waals surface area contributed by atoms with Crippen molar-refractivity contribution in [3.8, 4) is 11.5 Å². The van der Waals surface area contributed by atoms with Crippen LogP contribution in [0.5, 0.6) is 11.5 Å². The minimum atomic E-state index is -1.15. The Bertz CT molecular complexity index is 1520. The summed E-state index contributed by atoms with van der Waals surface area (Å²) in [6, 6.07) is 25.2. The molecular formula is C31H27ClN2O3. The van der Waals surface area contributed by atoms with Gasteiger partial charge in [0.2, 0.25) is 0 Å². The van der Waals surface area contributed by atoms with Crippen molar-refractivity contribution in [1.29, 1.82) is 0 Å². The molecule has 6 heteroatoms. The molecule has 37 heavy (non-hydrogen) atoms. The molecule has 0 fully saturated rings. The van der Waals surface area contributed by atoms with Crippen LogP contribution in [0.2, 0.25) is 5.02 Å². The van der Waals surface area contributed by atoms with Crippen LogP contribution in [0.1, 0.15) is 52.4 Å². The molecule has 2 aliphatic rings. The van der Waals surface area contributed by atoms with E-state index in [0.29, 0.717) is 27.8 Å². The maximum atomic E-state index is 13.2. The standard InChI is InChI=1S/C31H27ClN2O3/c1-3-4-14-33-26-18-29-23(15-19(26)2)31(22-13-9-8-12-21(22)30(35)37-31)24-16-27(25(32)17-28(24)36-29)34-20-10-6-5-7-11-20/h5-13,15-18,33-34H,3-4,14H2,1-2H3. The highest BCUT2D eigenvalue weighted by Crippen LogP contribution is 2.58. The van der Waals surface area contributed by atoms with E-state index in [0.717, 1.165) is 53.0 Å². The van der Waals surface area contributed by atoms with Gasteiger partial charge in [0.1, 0.15) is 11.5 Å². The Kier molecular flexibility index (Phi) is 5.81. The monoisotopic (exact) mass is 510 g/mol. The number of unbranched alkanes of at least 4 members (excludes halogenated alkanes) is 1. The smallest absolute Gasteiger partial charge is 0.340 e. The van der Waals surface area contributed by atoms with Crippen molar-refractivity contribution in [3.63, 3.8) is 0 Å². The molecule has 6 rings (SSSR count). The summed E-state index contributed by atoms with van der Waals surface area (Å²) in [6.07, 6.45) is 2.18. The first-order chi connectivity index (χ1) is 18.0. The molecule has 1 unspecified atom stereocenters. The topological polar surface area (TPSA) is 59.6 Å². The summed E-state index contributed by atoms with van der Waals surface area (Å²) in [7, 11) is 0. The summed E-state index contributed by atoms with van der Waals surface area (Å²) >= 11 is 6.74. The van der Waals surface area contributed by atoms with Gasteiger partial charge in [-0.1, -0.05) is 61.3 Å². The number of rotatable bonds is 6. The number of aryl methyl sites for hydroxylation is 1. The largest absolute Gasteiger partial charge is 0.456 e. The van der Waals surface area contributed by atoms with Crippen LogP contribution in [-0.2, 0) is 10.3 Å². The van der Waals surface area contributed by atoms with Gasteiger partial charge in [-0.15, -0.1) is 0 Å². The molecule has 4 aromatic rings. The van der Waals surface area contributed by atoms with Gasteiger partial charge in [-0.2, -0.15) is 0 Å². The van der Waals surface area contributed by atoms with Gasteiger partial charge in [-0.3, -0.25) is 0 Å². The van der Waals surface area contributed by atoms with Crippen molar-refractivity contribution < 1.29 is 14.3 Å². The maximum absolute atomic E-state index is 13.2. The van der Waals surface area contributed by atoms with Crippen LogP contribution in [0.25, 0.3) is 0 Å². The fourth-order valence-corrected chi connectivity index (χ4v) is 5.41. The Labute approximate surface area is 221 Å². The predicted molar refractivity (Wildman–Crippen MR) is 148 cm³/mol. The first-order valence-corrected chi connectivity index (χ1v) is 12.9. The van der Waals surface area contributed by atoms with Crippen molar-refractivity contribution in [3.05, 3.63) is 112 Å². The first kappa shape index (κ1) is 23.4. The Morgan fingerprint density at radius 2 is 1.59 bits per heavy atom. The van der Waals surface area contributed by atoms with Crippen molar-refractivity contribution in [2.75, 3.05) is 17.2 Å². The highest BCUT2D eigenvalue weighted by Gasteiger charge is 2.54. The fourth-order valence-electron chi connectivity index (χ4n) is 5.21. The zero-order valence-corrected chi connectivity index (χ0v) is 21.5. The second kappa shape index (κ2) is 9.16. The van der Waals surface area contributed by atoms with Gasteiger partial charge in [0.25, 0.3) is 0 Å². The lowest BCUT2D eigenvalue weighted by Crippen LogP contribution is -2.33. The molecule has 0 aliphatic carbocycles. The number of hydrogen-bond acceptors (Lipinski definition) is 5. The van der Waals surface area contributed by atoms with Crippen LogP contribution in [0, 0.1) is 6.92 Å². The zero-order valence-electron chi connectivity index (χ0n) is 20.7. The minimum absolute atomic E-state index is 0.357. The predicted octanol–water partition coefficient (Wildman–Crippen LogP) is 8.17. The number of hydrogen-bond donors (Lipinski definition) is 2. The Morgan fingerprint density at radius 3 is 2.41 bits per heavy atom. The second-order valence-electron chi connectivity index (χ2n) is 9.48. The third-order valence-corrected chi connectivity index (χ3v) is 7.36. The van der Waals surface area contributed by atoms with Gasteiger partial charge < -0.3 is 20.1 Å². The van der Waals surface area contributed by atoms with E-state index in [1.54, 1.807) is 6.07 Å². The van der Waals surface area contributed by atoms with Gasteiger partial charge >= 0.3 is 5.97 Å². The molecule has 2 aliphatic heterocycles. The number of ether oxygens (including phenoxy) is 2. The molecule has 0 saturated carbocycles. The summed E-state index contributed by atoms with van der Waals surface area (Å²) in [4.78, 5) is 13.2. The van der Waals surface area contributed by atoms with E-state index in [1.807, 2.05) is 66.7 Å². The van der Waals surface area contributed by atoms with Crippen LogP contribution in [0.15, 0.2) is 78.9 Å². The molecule has 0 radical (unpaired) electrons. The van der Waals surface area contributed by atoms with Gasteiger partial charge in [-0.05, 0) is 49.2 Å². The number of nitrogens with one attached hydrogen (secondary N) is 2. The number of halogens is 1. The summed E-state index contributed by atoms with van der Waals surface area (Å²) in [5, 5.41) is 7.42. The minimum Gasteiger partial charge on any atom is -0.456 e. The molecule has 1 atom stereocenters. The SMILES string of the molecule is CCCCNc1cc2c(cc1C)C1(OC(=O)c3ccccc31)c1cc(Nc3ccccc3)c(Cl)cc1O2. The van der Waals surface area contributed by atoms with E-state index < -0.39 is 5.60 Å². The Morgan fingerprint density at radius 1 is 0.865 bits per heavy atom. The molecule has 0 amide bonds. The van der Waals surface area contributed by atoms with E-state index in [4.69, 9.17) is 21.1 Å². The average Bonchev–Trinajstić information content (AvgIpc) is 3.20. The molecule has 5 nitrogen and oxygen atoms in total. The summed E-state index contributed by atoms with van der Waals surface area (Å²) in [5.74, 6) is 0.843. The van der Waals surface area contributed by atoms with Crippen molar-refractivity contribution >= 4 is 34.6 Å². The van der Waals surface area contributed by atoms with E-state index in [9.17, 15) is 4.79 Å². The molecule has 0 bridgehead atoms. The zero-order chi connectivity index (χ0) is 25.6. The highest BCUT2D eigenvalue weighted by atomic mass is 35.5. The molecule has 4 aromatic carbocycles. The van der Waals surface area contributed by atoms with Gasteiger partial charge in [0.05, 0.1) is 16.3 Å². The van der Waals surface area contributed by atoms with Crippen molar-refractivity contribution in [2.24, 2.45) is 0 Å². The van der Waals surface area contributed by atoms with Crippen LogP contribution in [0.3, 0.4) is 0 Å². The van der Waals surface area contributed by atoms with Crippen LogP contribution >= 0.6 is 11.6 Å². The lowest BCUT2D eigenvalue weighted by molar-refractivity contribution is 0.0224. The number of anilines is 3. The van der Waals surface area contributed by atoms with Crippen LogP contribution in [0.4, 0.5) is 17.1 Å².